The molecule has 0 bridgehead atoms. The first-order chi connectivity index (χ1) is 7.79. The molecule has 4 heteroatoms. The van der Waals surface area contributed by atoms with Crippen molar-refractivity contribution in [3.8, 4) is 11.3 Å². The molecule has 0 fully saturated rings. The summed E-state index contributed by atoms with van der Waals surface area (Å²) in [5, 5.41) is 0. The van der Waals surface area contributed by atoms with Gasteiger partial charge in [0.15, 0.2) is 0 Å². The van der Waals surface area contributed by atoms with E-state index < -0.39 is 0 Å². The molecule has 84 valence electrons. The van der Waals surface area contributed by atoms with Crippen LogP contribution < -0.4 is 5.73 Å². The molecule has 0 aliphatic heterocycles. The Labute approximate surface area is 103 Å². The molecule has 2 rings (SSSR count). The highest BCUT2D eigenvalue weighted by molar-refractivity contribution is 9.10. The van der Waals surface area contributed by atoms with Crippen LogP contribution >= 0.6 is 15.9 Å². The fourth-order valence-electron chi connectivity index (χ4n) is 1.56. The van der Waals surface area contributed by atoms with Crippen LogP contribution in [0.5, 0.6) is 0 Å². The molecule has 16 heavy (non-hydrogen) atoms. The number of nitrogens with two attached hydrogens (primary N) is 1. The van der Waals surface area contributed by atoms with Crippen molar-refractivity contribution in [2.75, 3.05) is 6.54 Å². The van der Waals surface area contributed by atoms with Crippen molar-refractivity contribution in [1.82, 2.24) is 9.97 Å². The second kappa shape index (κ2) is 5.27. The number of halogens is 1. The van der Waals surface area contributed by atoms with E-state index in [1.54, 1.807) is 0 Å². The highest BCUT2D eigenvalue weighted by atomic mass is 79.9. The smallest absolute Gasteiger partial charge is 0.106 e. The minimum Gasteiger partial charge on any atom is -0.342 e. The third kappa shape index (κ3) is 2.71. The molecular formula is C12H14BrN3. The van der Waals surface area contributed by atoms with Crippen LogP contribution in [0, 0.1) is 0 Å². The van der Waals surface area contributed by atoms with Crippen LogP contribution in [-0.2, 0) is 6.42 Å². The number of aromatic nitrogens is 2. The monoisotopic (exact) mass is 279 g/mol. The third-order valence-electron chi connectivity index (χ3n) is 2.38. The Balaban J connectivity index is 2.18. The lowest BCUT2D eigenvalue weighted by Gasteiger charge is -1.98. The number of nitrogens with one attached hydrogen (secondary N) is 1. The summed E-state index contributed by atoms with van der Waals surface area (Å²) in [6.07, 6.45) is 3.74. The van der Waals surface area contributed by atoms with Gasteiger partial charge in [0.2, 0.25) is 0 Å². The van der Waals surface area contributed by atoms with E-state index in [2.05, 4.69) is 38.0 Å². The average molecular weight is 280 g/mol. The SMILES string of the molecule is NCCCc1ncc(-c2cccc(Br)c2)[nH]1. The van der Waals surface area contributed by atoms with E-state index in [9.17, 15) is 0 Å². The first kappa shape index (κ1) is 11.4. The van der Waals surface area contributed by atoms with Gasteiger partial charge in [0, 0.05) is 16.5 Å². The lowest BCUT2D eigenvalue weighted by atomic mass is 10.2. The largest absolute Gasteiger partial charge is 0.342 e. The predicted molar refractivity (Wildman–Crippen MR) is 69.1 cm³/mol. The van der Waals surface area contributed by atoms with E-state index in [-0.39, 0.29) is 0 Å². The molecule has 2 aromatic rings. The summed E-state index contributed by atoms with van der Waals surface area (Å²) in [6.45, 7) is 0.701. The van der Waals surface area contributed by atoms with Crippen LogP contribution in [0.1, 0.15) is 12.2 Å². The summed E-state index contributed by atoms with van der Waals surface area (Å²) in [5.41, 5.74) is 7.66. The maximum Gasteiger partial charge on any atom is 0.106 e. The van der Waals surface area contributed by atoms with E-state index in [1.165, 1.54) is 0 Å². The molecule has 1 aromatic heterocycles. The molecule has 0 unspecified atom stereocenters. The molecule has 0 aliphatic rings. The van der Waals surface area contributed by atoms with Crippen molar-refractivity contribution in [2.45, 2.75) is 12.8 Å². The van der Waals surface area contributed by atoms with Crippen LogP contribution in [-0.4, -0.2) is 16.5 Å². The van der Waals surface area contributed by atoms with Gasteiger partial charge in [-0.2, -0.15) is 0 Å². The molecule has 0 aliphatic carbocycles. The Hall–Kier alpha value is -1.13. The van der Waals surface area contributed by atoms with Gasteiger partial charge in [0.1, 0.15) is 5.82 Å². The lowest BCUT2D eigenvalue weighted by Crippen LogP contribution is -2.01. The number of benzene rings is 1. The molecule has 3 N–H and O–H groups in total. The van der Waals surface area contributed by atoms with Crippen molar-refractivity contribution in [1.29, 1.82) is 0 Å². The predicted octanol–water partition coefficient (Wildman–Crippen LogP) is 2.73. The summed E-state index contributed by atoms with van der Waals surface area (Å²) in [6, 6.07) is 8.15. The van der Waals surface area contributed by atoms with Crippen LogP contribution in [0.15, 0.2) is 34.9 Å². The molecule has 0 saturated heterocycles. The van der Waals surface area contributed by atoms with Gasteiger partial charge in [-0.15, -0.1) is 0 Å². The average Bonchev–Trinajstić information content (AvgIpc) is 2.75. The Morgan fingerprint density at radius 3 is 3.00 bits per heavy atom. The molecule has 1 aromatic carbocycles. The van der Waals surface area contributed by atoms with Crippen molar-refractivity contribution < 1.29 is 0 Å². The molecule has 0 amide bonds. The molecule has 0 saturated carbocycles. The standard InChI is InChI=1S/C12H14BrN3/c13-10-4-1-3-9(7-10)11-8-15-12(16-11)5-2-6-14/h1,3-4,7-8H,2,5-6,14H2,(H,15,16). The number of rotatable bonds is 4. The number of nitrogens with zero attached hydrogens (tertiary/aromatic N) is 1. The maximum atomic E-state index is 5.47. The summed E-state index contributed by atoms with van der Waals surface area (Å²) >= 11 is 3.46. The van der Waals surface area contributed by atoms with Crippen LogP contribution in [0.4, 0.5) is 0 Å². The molecule has 0 atom stereocenters. The number of hydrogen-bond donors (Lipinski definition) is 2. The van der Waals surface area contributed by atoms with E-state index >= 15 is 0 Å². The van der Waals surface area contributed by atoms with Gasteiger partial charge >= 0.3 is 0 Å². The summed E-state index contributed by atoms with van der Waals surface area (Å²) in [4.78, 5) is 7.64. The third-order valence-corrected chi connectivity index (χ3v) is 2.88. The van der Waals surface area contributed by atoms with Crippen LogP contribution in [0.3, 0.4) is 0 Å². The Morgan fingerprint density at radius 2 is 2.25 bits per heavy atom. The highest BCUT2D eigenvalue weighted by Gasteiger charge is 2.03. The fourth-order valence-corrected chi connectivity index (χ4v) is 1.96. The van der Waals surface area contributed by atoms with Gasteiger partial charge in [-0.25, -0.2) is 4.98 Å². The normalized spacial score (nSPS) is 10.6. The van der Waals surface area contributed by atoms with Crippen molar-refractivity contribution in [2.24, 2.45) is 5.73 Å². The summed E-state index contributed by atoms with van der Waals surface area (Å²) in [7, 11) is 0. The topological polar surface area (TPSA) is 54.7 Å². The number of hydrogen-bond acceptors (Lipinski definition) is 2. The van der Waals surface area contributed by atoms with E-state index in [1.807, 2.05) is 18.3 Å². The van der Waals surface area contributed by atoms with Gasteiger partial charge in [-0.3, -0.25) is 0 Å². The lowest BCUT2D eigenvalue weighted by molar-refractivity contribution is 0.794. The Kier molecular flexibility index (Phi) is 3.74. The van der Waals surface area contributed by atoms with Crippen LogP contribution in [0.25, 0.3) is 11.3 Å². The van der Waals surface area contributed by atoms with Gasteiger partial charge in [-0.1, -0.05) is 28.1 Å². The minimum atomic E-state index is 0.701. The first-order valence-electron chi connectivity index (χ1n) is 5.29. The zero-order valence-corrected chi connectivity index (χ0v) is 10.5. The first-order valence-corrected chi connectivity index (χ1v) is 6.09. The van der Waals surface area contributed by atoms with Crippen molar-refractivity contribution >= 4 is 15.9 Å². The molecule has 3 nitrogen and oxygen atoms in total. The zero-order chi connectivity index (χ0) is 11.4. The highest BCUT2D eigenvalue weighted by Crippen LogP contribution is 2.21. The van der Waals surface area contributed by atoms with Crippen molar-refractivity contribution in [3.63, 3.8) is 0 Å². The number of aryl methyl sites for hydroxylation is 1. The molecule has 0 radical (unpaired) electrons. The Bertz CT molecular complexity index is 465. The number of aromatic amines is 1. The van der Waals surface area contributed by atoms with Gasteiger partial charge in [-0.05, 0) is 25.1 Å². The quantitative estimate of drug-likeness (QED) is 0.904. The molecule has 1 heterocycles. The minimum absolute atomic E-state index is 0.701. The zero-order valence-electron chi connectivity index (χ0n) is 8.91. The Morgan fingerprint density at radius 1 is 1.38 bits per heavy atom. The summed E-state index contributed by atoms with van der Waals surface area (Å²) in [5.74, 6) is 1.00. The second-order valence-corrected chi connectivity index (χ2v) is 4.56. The molecule has 0 spiro atoms. The number of H-pyrrole nitrogens is 1. The van der Waals surface area contributed by atoms with Gasteiger partial charge < -0.3 is 10.7 Å². The van der Waals surface area contributed by atoms with E-state index in [0.29, 0.717) is 6.54 Å². The van der Waals surface area contributed by atoms with Gasteiger partial charge in [0.25, 0.3) is 0 Å². The van der Waals surface area contributed by atoms with E-state index in [0.717, 1.165) is 34.4 Å². The van der Waals surface area contributed by atoms with Crippen molar-refractivity contribution in [3.05, 3.63) is 40.8 Å². The number of imidazole rings is 1. The molecular weight excluding hydrogens is 266 g/mol. The maximum absolute atomic E-state index is 5.47. The summed E-state index contributed by atoms with van der Waals surface area (Å²) < 4.78 is 1.07. The second-order valence-electron chi connectivity index (χ2n) is 3.65. The van der Waals surface area contributed by atoms with Gasteiger partial charge in [0.05, 0.1) is 11.9 Å². The van der Waals surface area contributed by atoms with Crippen LogP contribution in [0.2, 0.25) is 0 Å². The fraction of sp³-hybridized carbons (Fsp3) is 0.250. The van der Waals surface area contributed by atoms with E-state index in [4.69, 9.17) is 5.73 Å².